The summed E-state index contributed by atoms with van der Waals surface area (Å²) >= 11 is 1.45. The van der Waals surface area contributed by atoms with E-state index in [0.29, 0.717) is 16.3 Å². The van der Waals surface area contributed by atoms with Crippen LogP contribution >= 0.6 is 11.3 Å². The summed E-state index contributed by atoms with van der Waals surface area (Å²) in [5, 5.41) is 20.0. The second-order valence-corrected chi connectivity index (χ2v) is 8.86. The topological polar surface area (TPSA) is 97.2 Å². The minimum absolute atomic E-state index is 0.183. The third-order valence-corrected chi connectivity index (χ3v) is 5.77. The Kier molecular flexibility index (Phi) is 7.33. The van der Waals surface area contributed by atoms with Crippen LogP contribution in [0.25, 0.3) is 10.6 Å². The molecule has 2 N–H and O–H groups in total. The number of amides is 1. The summed E-state index contributed by atoms with van der Waals surface area (Å²) in [4.78, 5) is 18.3. The summed E-state index contributed by atoms with van der Waals surface area (Å²) < 4.78 is 43.9. The molecule has 1 unspecified atom stereocenters. The number of aryl methyl sites for hydroxylation is 1. The largest absolute Gasteiger partial charge is 0.488 e. The molecule has 0 spiro atoms. The molecule has 1 aromatic carbocycles. The van der Waals surface area contributed by atoms with E-state index in [1.807, 2.05) is 6.92 Å². The number of alkyl halides is 3. The summed E-state index contributed by atoms with van der Waals surface area (Å²) in [5.74, 6) is -0.102. The summed E-state index contributed by atoms with van der Waals surface area (Å²) in [7, 11) is 0. The Morgan fingerprint density at radius 3 is 2.42 bits per heavy atom. The molecular weight excluding hydrogens is 457 g/mol. The molecule has 0 aliphatic rings. The van der Waals surface area contributed by atoms with Crippen molar-refractivity contribution in [3.05, 3.63) is 58.4 Å². The number of carbonyl (C=O) groups excluding carboxylic acids is 1. The maximum absolute atomic E-state index is 13.0. The zero-order chi connectivity index (χ0) is 24.3. The Labute approximate surface area is 192 Å². The zero-order valence-corrected chi connectivity index (χ0v) is 19.2. The molecule has 1 amide bonds. The van der Waals surface area contributed by atoms with Gasteiger partial charge in [-0.3, -0.25) is 4.79 Å². The highest BCUT2D eigenvalue weighted by Gasteiger charge is 2.33. The third-order valence-electron chi connectivity index (χ3n) is 4.81. The molecule has 7 nitrogen and oxygen atoms in total. The molecule has 0 saturated heterocycles. The number of halogens is 3. The van der Waals surface area contributed by atoms with E-state index in [-0.39, 0.29) is 11.3 Å². The lowest BCUT2D eigenvalue weighted by Crippen LogP contribution is -2.28. The van der Waals surface area contributed by atoms with E-state index in [0.717, 1.165) is 10.9 Å². The van der Waals surface area contributed by atoms with Crippen molar-refractivity contribution in [2.24, 2.45) is 0 Å². The fraction of sp³-hybridized carbons (Fsp3) is 0.364. The van der Waals surface area contributed by atoms with Crippen LogP contribution in [0.15, 0.2) is 36.5 Å². The van der Waals surface area contributed by atoms with E-state index in [9.17, 15) is 23.1 Å². The first-order valence-electron chi connectivity index (χ1n) is 10.1. The molecule has 0 saturated carbocycles. The average molecular weight is 481 g/mol. The van der Waals surface area contributed by atoms with Crippen LogP contribution < -0.4 is 10.1 Å². The van der Waals surface area contributed by atoms with Gasteiger partial charge < -0.3 is 15.2 Å². The van der Waals surface area contributed by atoms with E-state index in [4.69, 9.17) is 4.74 Å². The van der Waals surface area contributed by atoms with Gasteiger partial charge in [0, 0.05) is 22.2 Å². The standard InChI is InChI=1S/C22H23F3N4O3S/c1-11-10-26-21(33-11)16-7-15(8-17(9-16)32-14(4)13(3)30)20(31)27-12(2)18-5-6-19(29-28-18)22(23,24)25/h5-10,12-14,30H,1-4H3,(H,27,31)/t12-,13?,14-/m1/s1. The molecule has 3 atom stereocenters. The number of rotatable bonds is 7. The lowest BCUT2D eigenvalue weighted by Gasteiger charge is -2.19. The van der Waals surface area contributed by atoms with Gasteiger partial charge in [-0.05, 0) is 58.0 Å². The van der Waals surface area contributed by atoms with E-state index in [1.165, 1.54) is 23.5 Å². The number of aliphatic hydroxyl groups is 1. The number of nitrogens with zero attached hydrogens (tertiary/aromatic N) is 3. The van der Waals surface area contributed by atoms with Crippen molar-refractivity contribution in [2.75, 3.05) is 0 Å². The van der Waals surface area contributed by atoms with Crippen molar-refractivity contribution in [1.29, 1.82) is 0 Å². The Morgan fingerprint density at radius 2 is 1.88 bits per heavy atom. The second kappa shape index (κ2) is 9.84. The van der Waals surface area contributed by atoms with Gasteiger partial charge in [-0.25, -0.2) is 4.98 Å². The maximum atomic E-state index is 13.0. The number of hydrogen-bond donors (Lipinski definition) is 2. The number of nitrogens with one attached hydrogen (secondary N) is 1. The van der Waals surface area contributed by atoms with Crippen LogP contribution in [-0.2, 0) is 6.18 Å². The third kappa shape index (κ3) is 6.26. The lowest BCUT2D eigenvalue weighted by molar-refractivity contribution is -0.141. The quantitative estimate of drug-likeness (QED) is 0.514. The Balaban J connectivity index is 1.86. The fourth-order valence-electron chi connectivity index (χ4n) is 2.80. The monoisotopic (exact) mass is 480 g/mol. The summed E-state index contributed by atoms with van der Waals surface area (Å²) in [6.07, 6.45) is -4.12. The number of ether oxygens (including phenoxy) is 1. The first-order chi connectivity index (χ1) is 15.4. The average Bonchev–Trinajstić information content (AvgIpc) is 3.19. The molecule has 0 bridgehead atoms. The van der Waals surface area contributed by atoms with E-state index in [2.05, 4.69) is 20.5 Å². The van der Waals surface area contributed by atoms with Gasteiger partial charge in [0.2, 0.25) is 0 Å². The predicted octanol–water partition coefficient (Wildman–Crippen LogP) is 4.57. The molecule has 3 aromatic rings. The number of carbonyl (C=O) groups is 1. The van der Waals surface area contributed by atoms with Gasteiger partial charge >= 0.3 is 6.18 Å². The molecule has 11 heteroatoms. The van der Waals surface area contributed by atoms with Crippen LogP contribution in [0.4, 0.5) is 13.2 Å². The summed E-state index contributed by atoms with van der Waals surface area (Å²) in [5.41, 5.74) is 0.00267. The zero-order valence-electron chi connectivity index (χ0n) is 18.3. The minimum Gasteiger partial charge on any atom is -0.488 e. The van der Waals surface area contributed by atoms with Crippen molar-refractivity contribution >= 4 is 17.2 Å². The lowest BCUT2D eigenvalue weighted by atomic mass is 10.1. The van der Waals surface area contributed by atoms with Crippen molar-refractivity contribution in [2.45, 2.75) is 52.1 Å². The van der Waals surface area contributed by atoms with Crippen molar-refractivity contribution in [1.82, 2.24) is 20.5 Å². The van der Waals surface area contributed by atoms with Gasteiger partial charge in [0.15, 0.2) is 5.69 Å². The number of hydrogen-bond acceptors (Lipinski definition) is 7. The normalized spacial score (nSPS) is 14.4. The molecule has 0 fully saturated rings. The first kappa shape index (κ1) is 24.6. The number of aliphatic hydroxyl groups excluding tert-OH is 1. The molecule has 0 radical (unpaired) electrons. The van der Waals surface area contributed by atoms with Crippen LogP contribution in [0, 0.1) is 6.92 Å². The van der Waals surface area contributed by atoms with Crippen LogP contribution in [0.2, 0.25) is 0 Å². The fourth-order valence-corrected chi connectivity index (χ4v) is 3.55. The SMILES string of the molecule is Cc1cnc(-c2cc(O[C@H](C)C(C)O)cc(C(=O)N[C@H](C)c3ccc(C(F)(F)F)nn3)c2)s1. The van der Waals surface area contributed by atoms with Gasteiger partial charge in [0.05, 0.1) is 17.8 Å². The number of thiazole rings is 1. The Morgan fingerprint density at radius 1 is 1.15 bits per heavy atom. The van der Waals surface area contributed by atoms with Crippen LogP contribution in [0.1, 0.15) is 53.4 Å². The second-order valence-electron chi connectivity index (χ2n) is 7.62. The summed E-state index contributed by atoms with van der Waals surface area (Å²) in [6, 6.07) is 6.22. The van der Waals surface area contributed by atoms with E-state index >= 15 is 0 Å². The smallest absolute Gasteiger partial charge is 0.435 e. The number of benzene rings is 1. The Hall–Kier alpha value is -3.05. The highest BCUT2D eigenvalue weighted by molar-refractivity contribution is 7.14. The highest BCUT2D eigenvalue weighted by atomic mass is 32.1. The van der Waals surface area contributed by atoms with E-state index in [1.54, 1.807) is 39.1 Å². The molecule has 176 valence electrons. The minimum atomic E-state index is -4.59. The van der Waals surface area contributed by atoms with Crippen molar-refractivity contribution < 1.29 is 27.8 Å². The van der Waals surface area contributed by atoms with Crippen LogP contribution in [0.5, 0.6) is 5.75 Å². The first-order valence-corrected chi connectivity index (χ1v) is 10.9. The van der Waals surface area contributed by atoms with Gasteiger partial charge in [-0.15, -0.1) is 16.4 Å². The molecule has 33 heavy (non-hydrogen) atoms. The van der Waals surface area contributed by atoms with Crippen LogP contribution in [0.3, 0.4) is 0 Å². The molecule has 0 aliphatic heterocycles. The van der Waals surface area contributed by atoms with Crippen molar-refractivity contribution in [3.63, 3.8) is 0 Å². The molecule has 3 rings (SSSR count). The van der Waals surface area contributed by atoms with Crippen LogP contribution in [-0.4, -0.2) is 38.4 Å². The predicted molar refractivity (Wildman–Crippen MR) is 117 cm³/mol. The van der Waals surface area contributed by atoms with E-state index < -0.39 is 36.0 Å². The van der Waals surface area contributed by atoms with Gasteiger partial charge in [0.1, 0.15) is 16.9 Å². The van der Waals surface area contributed by atoms with Crippen molar-refractivity contribution in [3.8, 4) is 16.3 Å². The summed E-state index contributed by atoms with van der Waals surface area (Å²) in [6.45, 7) is 6.81. The molecular formula is C22H23F3N4O3S. The number of aromatic nitrogens is 3. The highest BCUT2D eigenvalue weighted by Crippen LogP contribution is 2.31. The Bertz CT molecular complexity index is 1120. The van der Waals surface area contributed by atoms with Gasteiger partial charge in [-0.1, -0.05) is 0 Å². The maximum Gasteiger partial charge on any atom is 0.435 e. The molecule has 0 aliphatic carbocycles. The molecule has 2 aromatic heterocycles. The molecule has 2 heterocycles. The van der Waals surface area contributed by atoms with Gasteiger partial charge in [0.25, 0.3) is 5.91 Å². The van der Waals surface area contributed by atoms with Gasteiger partial charge in [-0.2, -0.15) is 18.3 Å².